The van der Waals surface area contributed by atoms with E-state index in [4.69, 9.17) is 4.74 Å². The third-order valence-corrected chi connectivity index (χ3v) is 11.3. The molecule has 3 unspecified atom stereocenters. The normalized spacial score (nSPS) is 13.9. The number of amides is 1. The van der Waals surface area contributed by atoms with Crippen molar-refractivity contribution < 1.29 is 24.5 Å². The van der Waals surface area contributed by atoms with Crippen LogP contribution >= 0.6 is 0 Å². The van der Waals surface area contributed by atoms with Crippen LogP contribution in [0, 0.1) is 0 Å². The lowest BCUT2D eigenvalue weighted by Gasteiger charge is -2.24. The van der Waals surface area contributed by atoms with E-state index in [1.54, 1.807) is 0 Å². The second-order valence-electron chi connectivity index (χ2n) is 17.2. The maximum atomic E-state index is 13.2. The van der Waals surface area contributed by atoms with Crippen molar-refractivity contribution in [3.8, 4) is 0 Å². The fourth-order valence-corrected chi connectivity index (χ4v) is 7.40. The lowest BCUT2D eigenvalue weighted by atomic mass is 10.0. The standard InChI is InChI=1S/C55H97NO5/c1-4-7-10-13-16-19-22-24-25-26-27-28-29-30-33-36-39-42-45-48-55(60)61-51(46-43-40-37-34-31-21-18-15-12-9-6-3)49-54(59)56-52(50-57)53(58)47-44-41-38-35-32-23-20-17-14-11-8-5-2/h7,10,16,19,24-25,27-28,30,33-34,37,51-53,57-58H,4-6,8-9,11-15,17-18,20-23,26,29,31-32,35-36,38-50H2,1-3H3,(H,56,59)/b10-7-,19-16-,25-24-,28-27-,33-30-,37-34-. The van der Waals surface area contributed by atoms with Crippen LogP contribution in [-0.4, -0.2) is 46.9 Å². The largest absolute Gasteiger partial charge is 0.462 e. The number of ether oxygens (including phenoxy) is 1. The molecule has 0 saturated carbocycles. The topological polar surface area (TPSA) is 95.9 Å². The molecule has 61 heavy (non-hydrogen) atoms. The molecule has 3 atom stereocenters. The van der Waals surface area contributed by atoms with Gasteiger partial charge in [0, 0.05) is 6.42 Å². The molecular formula is C55H97NO5. The van der Waals surface area contributed by atoms with E-state index in [1.165, 1.54) is 96.3 Å². The molecule has 0 aromatic heterocycles. The third-order valence-electron chi connectivity index (χ3n) is 11.3. The van der Waals surface area contributed by atoms with Crippen molar-refractivity contribution in [2.24, 2.45) is 0 Å². The van der Waals surface area contributed by atoms with Crippen LogP contribution in [-0.2, 0) is 14.3 Å². The Labute approximate surface area is 377 Å². The van der Waals surface area contributed by atoms with E-state index in [0.29, 0.717) is 19.3 Å². The second-order valence-corrected chi connectivity index (χ2v) is 17.2. The van der Waals surface area contributed by atoms with E-state index in [1.807, 2.05) is 0 Å². The molecule has 0 aromatic carbocycles. The van der Waals surface area contributed by atoms with Crippen LogP contribution in [0.15, 0.2) is 72.9 Å². The first kappa shape index (κ1) is 58.3. The Morgan fingerprint density at radius 2 is 0.902 bits per heavy atom. The number of aliphatic hydroxyl groups excluding tert-OH is 2. The number of unbranched alkanes of at least 4 members (excludes halogenated alkanes) is 21. The van der Waals surface area contributed by atoms with Gasteiger partial charge in [0.15, 0.2) is 0 Å². The fraction of sp³-hybridized carbons (Fsp3) is 0.745. The molecule has 0 aromatic rings. The van der Waals surface area contributed by atoms with Crippen molar-refractivity contribution in [3.63, 3.8) is 0 Å². The number of carbonyl (C=O) groups excluding carboxylic acids is 2. The van der Waals surface area contributed by atoms with Gasteiger partial charge in [0.05, 0.1) is 25.2 Å². The van der Waals surface area contributed by atoms with E-state index < -0.39 is 18.2 Å². The predicted molar refractivity (Wildman–Crippen MR) is 264 cm³/mol. The third kappa shape index (κ3) is 43.7. The maximum Gasteiger partial charge on any atom is 0.306 e. The minimum atomic E-state index is -0.801. The van der Waals surface area contributed by atoms with Crippen LogP contribution < -0.4 is 5.32 Å². The van der Waals surface area contributed by atoms with E-state index >= 15 is 0 Å². The molecular weight excluding hydrogens is 755 g/mol. The summed E-state index contributed by atoms with van der Waals surface area (Å²) in [4.78, 5) is 26.1. The van der Waals surface area contributed by atoms with Gasteiger partial charge in [0.2, 0.25) is 5.91 Å². The summed E-state index contributed by atoms with van der Waals surface area (Å²) in [5, 5.41) is 23.7. The molecule has 0 saturated heterocycles. The van der Waals surface area contributed by atoms with Gasteiger partial charge in [-0.25, -0.2) is 0 Å². The highest BCUT2D eigenvalue weighted by Gasteiger charge is 2.24. The zero-order valence-corrected chi connectivity index (χ0v) is 40.0. The summed E-state index contributed by atoms with van der Waals surface area (Å²) in [6.07, 6.45) is 61.1. The number of allylic oxidation sites excluding steroid dienone is 12. The predicted octanol–water partition coefficient (Wildman–Crippen LogP) is 15.4. The van der Waals surface area contributed by atoms with Gasteiger partial charge in [-0.1, -0.05) is 209 Å². The summed E-state index contributed by atoms with van der Waals surface area (Å²) in [6, 6.07) is -0.718. The minimum absolute atomic E-state index is 0.0408. The van der Waals surface area contributed by atoms with Crippen LogP contribution in [0.2, 0.25) is 0 Å². The SMILES string of the molecule is CC/C=C\C/C=C\C/C=C\C/C=C\C/C=C\CCCCCC(=O)OC(CCC/C=C\CCCCCCCC)CC(=O)NC(CO)C(O)CCCCCCCCCCCCCC. The molecule has 0 bridgehead atoms. The first-order valence-corrected chi connectivity index (χ1v) is 25.7. The zero-order chi connectivity index (χ0) is 44.5. The molecule has 6 nitrogen and oxygen atoms in total. The fourth-order valence-electron chi connectivity index (χ4n) is 7.40. The summed E-state index contributed by atoms with van der Waals surface area (Å²) in [5.41, 5.74) is 0. The molecule has 0 spiro atoms. The minimum Gasteiger partial charge on any atom is -0.462 e. The molecule has 0 aliphatic rings. The monoisotopic (exact) mass is 852 g/mol. The number of aliphatic hydroxyl groups is 2. The number of rotatable bonds is 45. The van der Waals surface area contributed by atoms with Crippen molar-refractivity contribution in [3.05, 3.63) is 72.9 Å². The molecule has 0 fully saturated rings. The highest BCUT2D eigenvalue weighted by molar-refractivity contribution is 5.77. The van der Waals surface area contributed by atoms with Crippen molar-refractivity contribution in [2.45, 2.75) is 257 Å². The van der Waals surface area contributed by atoms with Crippen molar-refractivity contribution in [2.75, 3.05) is 6.61 Å². The Bertz CT molecular complexity index is 1140. The summed E-state index contributed by atoms with van der Waals surface area (Å²) >= 11 is 0. The van der Waals surface area contributed by atoms with E-state index in [0.717, 1.165) is 96.3 Å². The van der Waals surface area contributed by atoms with Gasteiger partial charge in [-0.15, -0.1) is 0 Å². The van der Waals surface area contributed by atoms with Gasteiger partial charge < -0.3 is 20.3 Å². The quantitative estimate of drug-likeness (QED) is 0.0322. The smallest absolute Gasteiger partial charge is 0.306 e. The molecule has 3 N–H and O–H groups in total. The average molecular weight is 852 g/mol. The molecule has 0 heterocycles. The molecule has 352 valence electrons. The summed E-state index contributed by atoms with van der Waals surface area (Å²) in [6.45, 7) is 6.34. The lowest BCUT2D eigenvalue weighted by Crippen LogP contribution is -2.46. The van der Waals surface area contributed by atoms with Crippen LogP contribution in [0.5, 0.6) is 0 Å². The van der Waals surface area contributed by atoms with E-state index in [9.17, 15) is 19.8 Å². The zero-order valence-electron chi connectivity index (χ0n) is 40.0. The van der Waals surface area contributed by atoms with Gasteiger partial charge >= 0.3 is 5.97 Å². The van der Waals surface area contributed by atoms with Crippen LogP contribution in [0.4, 0.5) is 0 Å². The van der Waals surface area contributed by atoms with Gasteiger partial charge in [-0.2, -0.15) is 0 Å². The Balaban J connectivity index is 4.62. The van der Waals surface area contributed by atoms with Crippen molar-refractivity contribution >= 4 is 11.9 Å². The highest BCUT2D eigenvalue weighted by atomic mass is 16.5. The van der Waals surface area contributed by atoms with Crippen molar-refractivity contribution in [1.82, 2.24) is 5.32 Å². The first-order chi connectivity index (χ1) is 30.0. The molecule has 0 rings (SSSR count). The molecule has 0 aliphatic heterocycles. The van der Waals surface area contributed by atoms with Gasteiger partial charge in [-0.3, -0.25) is 9.59 Å². The van der Waals surface area contributed by atoms with Crippen LogP contribution in [0.3, 0.4) is 0 Å². The van der Waals surface area contributed by atoms with Crippen molar-refractivity contribution in [1.29, 1.82) is 0 Å². The number of carbonyl (C=O) groups is 2. The summed E-state index contributed by atoms with van der Waals surface area (Å²) in [7, 11) is 0. The Hall–Kier alpha value is -2.70. The van der Waals surface area contributed by atoms with E-state index in [-0.39, 0.29) is 24.9 Å². The van der Waals surface area contributed by atoms with E-state index in [2.05, 4.69) is 99.0 Å². The molecule has 6 heteroatoms. The molecule has 0 radical (unpaired) electrons. The summed E-state index contributed by atoms with van der Waals surface area (Å²) in [5.74, 6) is -0.543. The van der Waals surface area contributed by atoms with Crippen LogP contribution in [0.25, 0.3) is 0 Å². The highest BCUT2D eigenvalue weighted by Crippen LogP contribution is 2.17. The molecule has 0 aliphatic carbocycles. The lowest BCUT2D eigenvalue weighted by molar-refractivity contribution is -0.151. The number of hydrogen-bond donors (Lipinski definition) is 3. The Morgan fingerprint density at radius 3 is 1.39 bits per heavy atom. The number of nitrogens with one attached hydrogen (secondary N) is 1. The molecule has 1 amide bonds. The van der Waals surface area contributed by atoms with Gasteiger partial charge in [-0.05, 0) is 89.9 Å². The average Bonchev–Trinajstić information content (AvgIpc) is 3.25. The van der Waals surface area contributed by atoms with Crippen LogP contribution in [0.1, 0.15) is 239 Å². The number of hydrogen-bond acceptors (Lipinski definition) is 5. The number of esters is 1. The summed E-state index contributed by atoms with van der Waals surface area (Å²) < 4.78 is 5.89. The first-order valence-electron chi connectivity index (χ1n) is 25.7. The van der Waals surface area contributed by atoms with Gasteiger partial charge in [0.25, 0.3) is 0 Å². The Kier molecular flexibility index (Phi) is 46.2. The Morgan fingerprint density at radius 1 is 0.492 bits per heavy atom. The second kappa shape index (κ2) is 48.3. The maximum absolute atomic E-state index is 13.2. The van der Waals surface area contributed by atoms with Gasteiger partial charge in [0.1, 0.15) is 6.10 Å².